The van der Waals surface area contributed by atoms with E-state index in [1.54, 1.807) is 0 Å². The van der Waals surface area contributed by atoms with Crippen molar-refractivity contribution in [2.24, 2.45) is 11.7 Å². The first kappa shape index (κ1) is 15.8. The van der Waals surface area contributed by atoms with Gasteiger partial charge in [0.05, 0.1) is 6.04 Å². The molecule has 1 rings (SSSR count). The fourth-order valence-corrected chi connectivity index (χ4v) is 2.09. The maximum Gasteiger partial charge on any atom is 0.146 e. The van der Waals surface area contributed by atoms with Crippen LogP contribution >= 0.6 is 0 Å². The zero-order valence-corrected chi connectivity index (χ0v) is 11.5. The first-order valence-electron chi connectivity index (χ1n) is 6.60. The summed E-state index contributed by atoms with van der Waals surface area (Å²) in [6, 6.07) is 3.09. The lowest BCUT2D eigenvalue weighted by atomic mass is 9.94. The second kappa shape index (κ2) is 7.34. The number of hydrogen-bond acceptors (Lipinski definition) is 2. The third kappa shape index (κ3) is 5.47. The minimum absolute atomic E-state index is 0.0111. The van der Waals surface area contributed by atoms with E-state index in [-0.39, 0.29) is 11.6 Å². The van der Waals surface area contributed by atoms with Crippen LogP contribution in [0.2, 0.25) is 0 Å². The van der Waals surface area contributed by atoms with Crippen LogP contribution < -0.4 is 5.73 Å². The van der Waals surface area contributed by atoms with Crippen molar-refractivity contribution >= 4 is 5.78 Å². The van der Waals surface area contributed by atoms with Gasteiger partial charge in [-0.25, -0.2) is 8.78 Å². The summed E-state index contributed by atoms with van der Waals surface area (Å²) < 4.78 is 26.4. The number of ketones is 1. The van der Waals surface area contributed by atoms with Crippen molar-refractivity contribution < 1.29 is 13.6 Å². The van der Waals surface area contributed by atoms with Gasteiger partial charge in [0, 0.05) is 0 Å². The molecule has 106 valence electrons. The molecule has 0 saturated carbocycles. The molecule has 1 aromatic rings. The molecule has 0 radical (unpaired) electrons. The summed E-state index contributed by atoms with van der Waals surface area (Å²) in [5.41, 5.74) is 6.09. The van der Waals surface area contributed by atoms with E-state index in [0.717, 1.165) is 25.0 Å². The smallest absolute Gasteiger partial charge is 0.146 e. The SMILES string of the molecule is CC(=O)C(N)CC(C)CCCc1cc(F)ccc1F. The minimum atomic E-state index is -0.416. The summed E-state index contributed by atoms with van der Waals surface area (Å²) in [4.78, 5) is 11.0. The Morgan fingerprint density at radius 2 is 2.05 bits per heavy atom. The standard InChI is InChI=1S/C15H21F2NO/c1-10(8-15(18)11(2)19)4-3-5-12-9-13(16)6-7-14(12)17/h6-7,9-10,15H,3-5,8,18H2,1-2H3. The molecule has 0 amide bonds. The highest BCUT2D eigenvalue weighted by Crippen LogP contribution is 2.17. The van der Waals surface area contributed by atoms with E-state index in [0.29, 0.717) is 24.3 Å². The number of halogens is 2. The summed E-state index contributed by atoms with van der Waals surface area (Å²) in [6.45, 7) is 3.50. The highest BCUT2D eigenvalue weighted by atomic mass is 19.1. The molecular formula is C15H21F2NO. The van der Waals surface area contributed by atoms with Crippen LogP contribution in [0.3, 0.4) is 0 Å². The Morgan fingerprint density at radius 1 is 1.37 bits per heavy atom. The minimum Gasteiger partial charge on any atom is -0.322 e. The fourth-order valence-electron chi connectivity index (χ4n) is 2.09. The molecule has 2 nitrogen and oxygen atoms in total. The van der Waals surface area contributed by atoms with Gasteiger partial charge in [-0.2, -0.15) is 0 Å². The molecule has 0 aliphatic rings. The number of carbonyl (C=O) groups excluding carboxylic acids is 1. The number of hydrogen-bond donors (Lipinski definition) is 1. The second-order valence-corrected chi connectivity index (χ2v) is 5.19. The van der Waals surface area contributed by atoms with Gasteiger partial charge in [0.1, 0.15) is 17.4 Å². The fraction of sp³-hybridized carbons (Fsp3) is 0.533. The van der Waals surface area contributed by atoms with Crippen molar-refractivity contribution in [1.29, 1.82) is 0 Å². The first-order chi connectivity index (χ1) is 8.90. The zero-order valence-electron chi connectivity index (χ0n) is 11.5. The Balaban J connectivity index is 2.37. The van der Waals surface area contributed by atoms with Crippen LogP contribution in [-0.4, -0.2) is 11.8 Å². The Kier molecular flexibility index (Phi) is 6.09. The molecule has 0 aliphatic heterocycles. The van der Waals surface area contributed by atoms with Gasteiger partial charge in [0.25, 0.3) is 0 Å². The van der Waals surface area contributed by atoms with Gasteiger partial charge >= 0.3 is 0 Å². The third-order valence-corrected chi connectivity index (χ3v) is 3.33. The Hall–Kier alpha value is -1.29. The summed E-state index contributed by atoms with van der Waals surface area (Å²) in [6.07, 6.45) is 2.74. The van der Waals surface area contributed by atoms with Crippen LogP contribution in [-0.2, 0) is 11.2 Å². The maximum atomic E-state index is 13.4. The molecule has 0 fully saturated rings. The number of carbonyl (C=O) groups is 1. The summed E-state index contributed by atoms with van der Waals surface area (Å²) >= 11 is 0. The molecule has 0 saturated heterocycles. The molecular weight excluding hydrogens is 248 g/mol. The molecule has 0 aliphatic carbocycles. The van der Waals surface area contributed by atoms with Gasteiger partial charge in [-0.05, 0) is 55.9 Å². The van der Waals surface area contributed by atoms with Crippen molar-refractivity contribution in [1.82, 2.24) is 0 Å². The van der Waals surface area contributed by atoms with Crippen molar-refractivity contribution in [2.75, 3.05) is 0 Å². The van der Waals surface area contributed by atoms with E-state index in [9.17, 15) is 13.6 Å². The van der Waals surface area contributed by atoms with Gasteiger partial charge in [-0.1, -0.05) is 13.3 Å². The van der Waals surface area contributed by atoms with Crippen molar-refractivity contribution in [3.63, 3.8) is 0 Å². The molecule has 19 heavy (non-hydrogen) atoms. The van der Waals surface area contributed by atoms with Gasteiger partial charge in [-0.3, -0.25) is 4.79 Å². The van der Waals surface area contributed by atoms with E-state index in [1.807, 2.05) is 6.92 Å². The van der Waals surface area contributed by atoms with E-state index < -0.39 is 11.9 Å². The average Bonchev–Trinajstić information content (AvgIpc) is 2.33. The number of nitrogens with two attached hydrogens (primary N) is 1. The topological polar surface area (TPSA) is 43.1 Å². The molecule has 0 spiro atoms. The first-order valence-corrected chi connectivity index (χ1v) is 6.60. The van der Waals surface area contributed by atoms with Crippen LogP contribution in [0.25, 0.3) is 0 Å². The Bertz CT molecular complexity index is 434. The van der Waals surface area contributed by atoms with E-state index in [1.165, 1.54) is 13.0 Å². The van der Waals surface area contributed by atoms with Crippen LogP contribution in [0, 0.1) is 17.6 Å². The normalized spacial score (nSPS) is 14.2. The van der Waals surface area contributed by atoms with Gasteiger partial charge in [-0.15, -0.1) is 0 Å². The van der Waals surface area contributed by atoms with Crippen LogP contribution in [0.5, 0.6) is 0 Å². The molecule has 4 heteroatoms. The molecule has 2 N–H and O–H groups in total. The maximum absolute atomic E-state index is 13.4. The van der Waals surface area contributed by atoms with E-state index >= 15 is 0 Å². The zero-order chi connectivity index (χ0) is 14.4. The van der Waals surface area contributed by atoms with Gasteiger partial charge in [0.15, 0.2) is 0 Å². The molecule has 0 aromatic heterocycles. The van der Waals surface area contributed by atoms with Crippen LogP contribution in [0.4, 0.5) is 8.78 Å². The molecule has 2 unspecified atom stereocenters. The summed E-state index contributed by atoms with van der Waals surface area (Å²) in [5, 5.41) is 0. The number of rotatable bonds is 7. The van der Waals surface area contributed by atoms with Crippen LogP contribution in [0.15, 0.2) is 18.2 Å². The van der Waals surface area contributed by atoms with Crippen molar-refractivity contribution in [2.45, 2.75) is 45.6 Å². The highest BCUT2D eigenvalue weighted by Gasteiger charge is 2.13. The van der Waals surface area contributed by atoms with Crippen molar-refractivity contribution in [3.05, 3.63) is 35.4 Å². The molecule has 0 heterocycles. The molecule has 2 atom stereocenters. The van der Waals surface area contributed by atoms with Crippen LogP contribution in [0.1, 0.15) is 38.7 Å². The highest BCUT2D eigenvalue weighted by molar-refractivity contribution is 5.81. The Morgan fingerprint density at radius 3 is 2.68 bits per heavy atom. The largest absolute Gasteiger partial charge is 0.322 e. The third-order valence-electron chi connectivity index (χ3n) is 3.33. The predicted octanol–water partition coefficient (Wildman–Crippen LogP) is 3.23. The Labute approximate surface area is 113 Å². The summed E-state index contributed by atoms with van der Waals surface area (Å²) in [5.74, 6) is -0.490. The summed E-state index contributed by atoms with van der Waals surface area (Å²) in [7, 11) is 0. The number of aryl methyl sites for hydroxylation is 1. The monoisotopic (exact) mass is 269 g/mol. The van der Waals surface area contributed by atoms with E-state index in [2.05, 4.69) is 0 Å². The quantitative estimate of drug-likeness (QED) is 0.825. The lowest BCUT2D eigenvalue weighted by molar-refractivity contribution is -0.118. The lowest BCUT2D eigenvalue weighted by Gasteiger charge is -2.15. The predicted molar refractivity (Wildman–Crippen MR) is 71.7 cm³/mol. The van der Waals surface area contributed by atoms with Gasteiger partial charge < -0.3 is 5.73 Å². The molecule has 0 bridgehead atoms. The van der Waals surface area contributed by atoms with Crippen molar-refractivity contribution in [3.8, 4) is 0 Å². The molecule has 1 aromatic carbocycles. The van der Waals surface area contributed by atoms with Gasteiger partial charge in [0.2, 0.25) is 0 Å². The second-order valence-electron chi connectivity index (χ2n) is 5.19. The van der Waals surface area contributed by atoms with E-state index in [4.69, 9.17) is 5.73 Å². The average molecular weight is 269 g/mol. The number of Topliss-reactive ketones (excluding diaryl/α,β-unsaturated/α-hetero) is 1. The lowest BCUT2D eigenvalue weighted by Crippen LogP contribution is -2.30. The number of benzene rings is 1.